The lowest BCUT2D eigenvalue weighted by atomic mass is 10.2. The SMILES string of the molecule is CN=C(NCc1cnn(Cc2ccccc2)c1)NCc1ncc(C)s1.I. The Bertz CT molecular complexity index is 827. The summed E-state index contributed by atoms with van der Waals surface area (Å²) in [5.41, 5.74) is 2.35. The molecule has 0 aliphatic carbocycles. The molecule has 0 spiro atoms. The molecule has 6 nitrogen and oxygen atoms in total. The van der Waals surface area contributed by atoms with Crippen molar-refractivity contribution in [1.29, 1.82) is 0 Å². The van der Waals surface area contributed by atoms with E-state index in [1.165, 1.54) is 10.4 Å². The molecule has 2 aromatic heterocycles. The summed E-state index contributed by atoms with van der Waals surface area (Å²) in [5, 5.41) is 12.0. The Kier molecular flexibility index (Phi) is 8.05. The quantitative estimate of drug-likeness (QED) is 0.322. The third-order valence-electron chi connectivity index (χ3n) is 3.63. The van der Waals surface area contributed by atoms with Gasteiger partial charge in [-0.25, -0.2) is 4.98 Å². The number of guanidine groups is 1. The molecule has 0 radical (unpaired) electrons. The summed E-state index contributed by atoms with van der Waals surface area (Å²) in [5.74, 6) is 0.753. The zero-order valence-corrected chi connectivity index (χ0v) is 18.0. The first-order valence-electron chi connectivity index (χ1n) is 8.14. The molecule has 0 saturated carbocycles. The highest BCUT2D eigenvalue weighted by Gasteiger charge is 2.04. The van der Waals surface area contributed by atoms with Crippen molar-refractivity contribution in [3.8, 4) is 0 Å². The molecule has 0 unspecified atom stereocenters. The fourth-order valence-corrected chi connectivity index (χ4v) is 3.13. The van der Waals surface area contributed by atoms with Gasteiger partial charge in [-0.15, -0.1) is 35.3 Å². The van der Waals surface area contributed by atoms with Crippen LogP contribution in [0.3, 0.4) is 0 Å². The summed E-state index contributed by atoms with van der Waals surface area (Å²) in [4.78, 5) is 9.80. The first-order chi connectivity index (χ1) is 12.2. The number of aromatic nitrogens is 3. The maximum absolute atomic E-state index is 4.42. The summed E-state index contributed by atoms with van der Waals surface area (Å²) < 4.78 is 1.95. The van der Waals surface area contributed by atoms with Crippen LogP contribution < -0.4 is 10.6 Å². The molecule has 0 bridgehead atoms. The lowest BCUT2D eigenvalue weighted by molar-refractivity contribution is 0.685. The Morgan fingerprint density at radius 3 is 2.58 bits per heavy atom. The lowest BCUT2D eigenvalue weighted by Crippen LogP contribution is -2.36. The summed E-state index contributed by atoms with van der Waals surface area (Å²) in [6.45, 7) is 4.18. The van der Waals surface area contributed by atoms with Gasteiger partial charge in [0.2, 0.25) is 0 Å². The van der Waals surface area contributed by atoms with Crippen molar-refractivity contribution in [1.82, 2.24) is 25.4 Å². The average molecular weight is 482 g/mol. The molecular weight excluding hydrogens is 459 g/mol. The van der Waals surface area contributed by atoms with Crippen LogP contribution in [0.1, 0.15) is 21.0 Å². The summed E-state index contributed by atoms with van der Waals surface area (Å²) in [6.07, 6.45) is 5.82. The Morgan fingerprint density at radius 2 is 1.88 bits per heavy atom. The van der Waals surface area contributed by atoms with Gasteiger partial charge < -0.3 is 10.6 Å². The van der Waals surface area contributed by atoms with Gasteiger partial charge in [-0.3, -0.25) is 9.67 Å². The minimum atomic E-state index is 0. The van der Waals surface area contributed by atoms with Gasteiger partial charge in [-0.2, -0.15) is 5.10 Å². The maximum atomic E-state index is 4.42. The van der Waals surface area contributed by atoms with Crippen molar-refractivity contribution in [2.75, 3.05) is 7.05 Å². The molecule has 26 heavy (non-hydrogen) atoms. The van der Waals surface area contributed by atoms with Crippen LogP contribution in [-0.4, -0.2) is 27.8 Å². The van der Waals surface area contributed by atoms with Crippen LogP contribution in [0.2, 0.25) is 0 Å². The lowest BCUT2D eigenvalue weighted by Gasteiger charge is -2.09. The Balaban J connectivity index is 0.00000243. The van der Waals surface area contributed by atoms with E-state index in [1.54, 1.807) is 18.4 Å². The molecule has 0 saturated heterocycles. The third kappa shape index (κ3) is 6.10. The van der Waals surface area contributed by atoms with Crippen LogP contribution >= 0.6 is 35.3 Å². The number of benzene rings is 1. The van der Waals surface area contributed by atoms with E-state index in [0.29, 0.717) is 13.1 Å². The monoisotopic (exact) mass is 482 g/mol. The fraction of sp³-hybridized carbons (Fsp3) is 0.278. The molecule has 0 amide bonds. The second kappa shape index (κ2) is 10.3. The largest absolute Gasteiger partial charge is 0.352 e. The number of hydrogen-bond acceptors (Lipinski definition) is 4. The van der Waals surface area contributed by atoms with E-state index in [1.807, 2.05) is 35.3 Å². The Hall–Kier alpha value is -1.94. The number of nitrogens with one attached hydrogen (secondary N) is 2. The first kappa shape index (κ1) is 20.4. The highest BCUT2D eigenvalue weighted by molar-refractivity contribution is 14.0. The van der Waals surface area contributed by atoms with Crippen LogP contribution in [0.25, 0.3) is 0 Å². The van der Waals surface area contributed by atoms with E-state index in [4.69, 9.17) is 0 Å². The molecular formula is C18H23IN6S. The standard InChI is InChI=1S/C18H22N6S.HI/c1-14-8-20-17(25-14)11-22-18(19-2)21-9-16-10-23-24(13-16)12-15-6-4-3-5-7-15;/h3-8,10,13H,9,11-12H2,1-2H3,(H2,19,21,22);1H. The molecule has 2 heterocycles. The second-order valence-corrected chi connectivity index (χ2v) is 7.00. The van der Waals surface area contributed by atoms with Gasteiger partial charge in [0.1, 0.15) is 5.01 Å². The first-order valence-corrected chi connectivity index (χ1v) is 8.95. The number of halogens is 1. The van der Waals surface area contributed by atoms with E-state index in [2.05, 4.69) is 51.0 Å². The highest BCUT2D eigenvalue weighted by atomic mass is 127. The second-order valence-electron chi connectivity index (χ2n) is 5.68. The van der Waals surface area contributed by atoms with Crippen molar-refractivity contribution in [2.45, 2.75) is 26.6 Å². The van der Waals surface area contributed by atoms with Gasteiger partial charge in [-0.1, -0.05) is 30.3 Å². The third-order valence-corrected chi connectivity index (χ3v) is 4.55. The molecule has 8 heteroatoms. The molecule has 3 aromatic rings. The fourth-order valence-electron chi connectivity index (χ4n) is 2.40. The van der Waals surface area contributed by atoms with Crippen LogP contribution in [0.15, 0.2) is 53.9 Å². The van der Waals surface area contributed by atoms with Crippen LogP contribution in [0.5, 0.6) is 0 Å². The highest BCUT2D eigenvalue weighted by Crippen LogP contribution is 2.10. The zero-order chi connectivity index (χ0) is 17.5. The van der Waals surface area contributed by atoms with Gasteiger partial charge in [0.15, 0.2) is 5.96 Å². The van der Waals surface area contributed by atoms with Gasteiger partial charge in [0.25, 0.3) is 0 Å². The average Bonchev–Trinajstić information content (AvgIpc) is 3.25. The molecule has 3 rings (SSSR count). The number of rotatable bonds is 6. The van der Waals surface area contributed by atoms with E-state index in [9.17, 15) is 0 Å². The van der Waals surface area contributed by atoms with Crippen LogP contribution in [0, 0.1) is 6.92 Å². The molecule has 1 aromatic carbocycles. The van der Waals surface area contributed by atoms with E-state index >= 15 is 0 Å². The maximum Gasteiger partial charge on any atom is 0.191 e. The van der Waals surface area contributed by atoms with Gasteiger partial charge in [0, 0.05) is 36.4 Å². The molecule has 0 fully saturated rings. The number of aliphatic imine (C=N–C) groups is 1. The molecule has 0 atom stereocenters. The molecule has 0 aliphatic rings. The van der Waals surface area contributed by atoms with Gasteiger partial charge in [0.05, 0.1) is 19.3 Å². The topological polar surface area (TPSA) is 67.1 Å². The minimum Gasteiger partial charge on any atom is -0.352 e. The summed E-state index contributed by atoms with van der Waals surface area (Å²) in [6, 6.07) is 10.3. The number of aryl methyl sites for hydroxylation is 1. The summed E-state index contributed by atoms with van der Waals surface area (Å²) >= 11 is 1.69. The van der Waals surface area contributed by atoms with Crippen molar-refractivity contribution < 1.29 is 0 Å². The Labute approximate surface area is 174 Å². The van der Waals surface area contributed by atoms with Crippen molar-refractivity contribution in [3.05, 3.63) is 69.9 Å². The summed E-state index contributed by atoms with van der Waals surface area (Å²) in [7, 11) is 1.77. The minimum absolute atomic E-state index is 0. The van der Waals surface area contributed by atoms with E-state index in [0.717, 1.165) is 23.1 Å². The van der Waals surface area contributed by atoms with Gasteiger partial charge >= 0.3 is 0 Å². The predicted molar refractivity (Wildman–Crippen MR) is 117 cm³/mol. The Morgan fingerprint density at radius 1 is 1.12 bits per heavy atom. The number of hydrogen-bond donors (Lipinski definition) is 2. The van der Waals surface area contributed by atoms with E-state index in [-0.39, 0.29) is 24.0 Å². The van der Waals surface area contributed by atoms with Gasteiger partial charge in [-0.05, 0) is 12.5 Å². The normalized spacial score (nSPS) is 11.1. The molecule has 2 N–H and O–H groups in total. The number of thiazole rings is 1. The number of nitrogens with zero attached hydrogens (tertiary/aromatic N) is 4. The van der Waals surface area contributed by atoms with Crippen molar-refractivity contribution >= 4 is 41.3 Å². The zero-order valence-electron chi connectivity index (χ0n) is 14.8. The molecule has 0 aliphatic heterocycles. The molecule has 138 valence electrons. The van der Waals surface area contributed by atoms with Crippen LogP contribution in [0.4, 0.5) is 0 Å². The van der Waals surface area contributed by atoms with Crippen molar-refractivity contribution in [3.63, 3.8) is 0 Å². The van der Waals surface area contributed by atoms with Crippen LogP contribution in [-0.2, 0) is 19.6 Å². The van der Waals surface area contributed by atoms with E-state index < -0.39 is 0 Å². The smallest absolute Gasteiger partial charge is 0.191 e. The van der Waals surface area contributed by atoms with Crippen molar-refractivity contribution in [2.24, 2.45) is 4.99 Å². The predicted octanol–water partition coefficient (Wildman–Crippen LogP) is 3.18.